The lowest BCUT2D eigenvalue weighted by Gasteiger charge is -2.24. The predicted molar refractivity (Wildman–Crippen MR) is 91.0 cm³/mol. The van der Waals surface area contributed by atoms with E-state index in [-0.39, 0.29) is 25.0 Å². The number of esters is 1. The van der Waals surface area contributed by atoms with Crippen LogP contribution in [0.15, 0.2) is 24.3 Å². The summed E-state index contributed by atoms with van der Waals surface area (Å²) in [5.41, 5.74) is 1.21. The summed E-state index contributed by atoms with van der Waals surface area (Å²) in [6.07, 6.45) is 0.954. The molecule has 6 nitrogen and oxygen atoms in total. The smallest absolute Gasteiger partial charge is 0.310 e. The number of methoxy groups -OCH3 is 2. The molecule has 0 radical (unpaired) electrons. The Morgan fingerprint density at radius 1 is 1.17 bits per heavy atom. The highest BCUT2D eigenvalue weighted by atomic mass is 16.5. The second kappa shape index (κ2) is 10.6. The highest BCUT2D eigenvalue weighted by molar-refractivity contribution is 5.79. The molecule has 0 fully saturated rings. The van der Waals surface area contributed by atoms with Crippen LogP contribution in [0.25, 0.3) is 0 Å². The van der Waals surface area contributed by atoms with Crippen molar-refractivity contribution in [3.05, 3.63) is 29.8 Å². The number of nitrogens with zero attached hydrogens (tertiary/aromatic N) is 1. The Balaban J connectivity index is 2.60. The van der Waals surface area contributed by atoms with E-state index in [0.29, 0.717) is 18.9 Å². The van der Waals surface area contributed by atoms with Crippen molar-refractivity contribution < 1.29 is 23.8 Å². The van der Waals surface area contributed by atoms with Gasteiger partial charge in [0.25, 0.3) is 5.91 Å². The monoisotopic (exact) mass is 337 g/mol. The van der Waals surface area contributed by atoms with E-state index in [1.54, 1.807) is 18.9 Å². The molecule has 134 valence electrons. The molecule has 0 aliphatic rings. The molecule has 24 heavy (non-hydrogen) atoms. The quantitative estimate of drug-likeness (QED) is 0.610. The summed E-state index contributed by atoms with van der Waals surface area (Å²) in [5, 5.41) is 0. The first-order chi connectivity index (χ1) is 11.5. The Kier molecular flexibility index (Phi) is 8.86. The lowest BCUT2D eigenvalue weighted by molar-refractivity contribution is -0.146. The second-order valence-electron chi connectivity index (χ2n) is 5.54. The van der Waals surface area contributed by atoms with Crippen LogP contribution in [0.1, 0.15) is 19.4 Å². The van der Waals surface area contributed by atoms with Gasteiger partial charge in [0.1, 0.15) is 5.75 Å². The molecule has 0 saturated heterocycles. The molecule has 0 saturated carbocycles. The summed E-state index contributed by atoms with van der Waals surface area (Å²) in [5.74, 6) is -0.295. The van der Waals surface area contributed by atoms with Crippen molar-refractivity contribution in [2.45, 2.75) is 20.3 Å². The Bertz CT molecular complexity index is 515. The normalized spacial score (nSPS) is 11.7. The molecule has 6 heteroatoms. The van der Waals surface area contributed by atoms with Crippen LogP contribution in [-0.2, 0) is 25.5 Å². The van der Waals surface area contributed by atoms with Crippen LogP contribution in [0.3, 0.4) is 0 Å². The summed E-state index contributed by atoms with van der Waals surface area (Å²) < 4.78 is 15.3. The summed E-state index contributed by atoms with van der Waals surface area (Å²) in [6.45, 7) is 4.79. The molecular formula is C18H27NO5. The summed E-state index contributed by atoms with van der Waals surface area (Å²) in [4.78, 5) is 25.5. The molecule has 1 amide bonds. The first-order valence-corrected chi connectivity index (χ1v) is 8.08. The summed E-state index contributed by atoms with van der Waals surface area (Å²) >= 11 is 0. The third-order valence-corrected chi connectivity index (χ3v) is 3.71. The minimum Gasteiger partial charge on any atom is -0.484 e. The van der Waals surface area contributed by atoms with Gasteiger partial charge in [-0.05, 0) is 24.1 Å². The molecule has 1 rings (SSSR count). The number of rotatable bonds is 10. The van der Waals surface area contributed by atoms with Crippen LogP contribution in [0.2, 0.25) is 0 Å². The van der Waals surface area contributed by atoms with Crippen molar-refractivity contribution in [2.75, 3.05) is 40.5 Å². The zero-order valence-corrected chi connectivity index (χ0v) is 14.9. The highest BCUT2D eigenvalue weighted by Gasteiger charge is 2.21. The van der Waals surface area contributed by atoms with E-state index in [0.717, 1.165) is 6.42 Å². The molecule has 0 aromatic heterocycles. The topological polar surface area (TPSA) is 65.1 Å². The lowest BCUT2D eigenvalue weighted by atomic mass is 10.1. The van der Waals surface area contributed by atoms with Crippen molar-refractivity contribution >= 4 is 11.9 Å². The first kappa shape index (κ1) is 20.0. The van der Waals surface area contributed by atoms with E-state index in [2.05, 4.69) is 6.92 Å². The number of carbonyl (C=O) groups is 2. The van der Waals surface area contributed by atoms with Crippen molar-refractivity contribution in [1.29, 1.82) is 0 Å². The second-order valence-corrected chi connectivity index (χ2v) is 5.54. The molecule has 0 heterocycles. The Labute approximate surface area is 143 Å². The zero-order chi connectivity index (χ0) is 17.9. The number of hydrogen-bond donors (Lipinski definition) is 0. The largest absolute Gasteiger partial charge is 0.484 e. The van der Waals surface area contributed by atoms with Gasteiger partial charge in [-0.3, -0.25) is 9.59 Å². The Morgan fingerprint density at radius 2 is 1.83 bits per heavy atom. The minimum atomic E-state index is -0.403. The van der Waals surface area contributed by atoms with Gasteiger partial charge in [-0.25, -0.2) is 0 Å². The van der Waals surface area contributed by atoms with Crippen LogP contribution >= 0.6 is 0 Å². The average Bonchev–Trinajstić information content (AvgIpc) is 2.62. The third-order valence-electron chi connectivity index (χ3n) is 3.71. The molecule has 0 aliphatic heterocycles. The van der Waals surface area contributed by atoms with Gasteiger partial charge in [0.2, 0.25) is 0 Å². The fourth-order valence-corrected chi connectivity index (χ4v) is 2.18. The maximum Gasteiger partial charge on any atom is 0.310 e. The first-order valence-electron chi connectivity index (χ1n) is 8.08. The Morgan fingerprint density at radius 3 is 2.38 bits per heavy atom. The maximum absolute atomic E-state index is 12.4. The van der Waals surface area contributed by atoms with Gasteiger partial charge in [-0.1, -0.05) is 26.0 Å². The number of amides is 1. The van der Waals surface area contributed by atoms with Crippen LogP contribution in [-0.4, -0.2) is 57.3 Å². The highest BCUT2D eigenvalue weighted by Crippen LogP contribution is 2.13. The van der Waals surface area contributed by atoms with Gasteiger partial charge in [0.05, 0.1) is 19.6 Å². The minimum absolute atomic E-state index is 0.0803. The van der Waals surface area contributed by atoms with E-state index >= 15 is 0 Å². The van der Waals surface area contributed by atoms with Crippen LogP contribution < -0.4 is 4.74 Å². The van der Waals surface area contributed by atoms with E-state index in [1.165, 1.54) is 12.7 Å². The third kappa shape index (κ3) is 6.58. The van der Waals surface area contributed by atoms with Gasteiger partial charge in [0.15, 0.2) is 6.61 Å². The van der Waals surface area contributed by atoms with E-state index in [9.17, 15) is 9.59 Å². The van der Waals surface area contributed by atoms with Gasteiger partial charge < -0.3 is 19.1 Å². The summed E-state index contributed by atoms with van der Waals surface area (Å²) in [6, 6.07) is 7.65. The SMILES string of the molecule is CCc1ccc(OCC(=O)N(CCOC)CC(C)C(=O)OC)cc1. The molecule has 0 aliphatic carbocycles. The van der Waals surface area contributed by atoms with Crippen LogP contribution in [0.5, 0.6) is 5.75 Å². The van der Waals surface area contributed by atoms with Crippen molar-refractivity contribution in [2.24, 2.45) is 5.92 Å². The predicted octanol–water partition coefficient (Wildman–Crippen LogP) is 1.91. The van der Waals surface area contributed by atoms with E-state index in [4.69, 9.17) is 14.2 Å². The average molecular weight is 337 g/mol. The number of ether oxygens (including phenoxy) is 3. The molecule has 1 atom stereocenters. The number of hydrogen-bond acceptors (Lipinski definition) is 5. The maximum atomic E-state index is 12.4. The van der Waals surface area contributed by atoms with Gasteiger partial charge in [-0.2, -0.15) is 0 Å². The van der Waals surface area contributed by atoms with Gasteiger partial charge in [-0.15, -0.1) is 0 Å². The van der Waals surface area contributed by atoms with Crippen molar-refractivity contribution in [3.8, 4) is 5.75 Å². The van der Waals surface area contributed by atoms with E-state index < -0.39 is 5.92 Å². The molecule has 1 unspecified atom stereocenters. The Hall–Kier alpha value is -2.08. The van der Waals surface area contributed by atoms with Crippen LogP contribution in [0.4, 0.5) is 0 Å². The van der Waals surface area contributed by atoms with Gasteiger partial charge in [0, 0.05) is 20.2 Å². The standard InChI is InChI=1S/C18H27NO5/c1-5-15-6-8-16(9-7-15)24-13-17(20)19(10-11-22-3)12-14(2)18(21)23-4/h6-9,14H,5,10-13H2,1-4H3. The summed E-state index contributed by atoms with van der Waals surface area (Å²) in [7, 11) is 2.90. The zero-order valence-electron chi connectivity index (χ0n) is 14.9. The fraction of sp³-hybridized carbons (Fsp3) is 0.556. The lowest BCUT2D eigenvalue weighted by Crippen LogP contribution is -2.41. The molecular weight excluding hydrogens is 310 g/mol. The number of aryl methyl sites for hydroxylation is 1. The van der Waals surface area contributed by atoms with Crippen molar-refractivity contribution in [3.63, 3.8) is 0 Å². The van der Waals surface area contributed by atoms with Crippen molar-refractivity contribution in [1.82, 2.24) is 4.90 Å². The number of benzene rings is 1. The number of carbonyl (C=O) groups excluding carboxylic acids is 2. The molecule has 0 bridgehead atoms. The molecule has 1 aromatic carbocycles. The van der Waals surface area contributed by atoms with Gasteiger partial charge >= 0.3 is 5.97 Å². The molecule has 0 N–H and O–H groups in total. The molecule has 1 aromatic rings. The molecule has 0 spiro atoms. The van der Waals surface area contributed by atoms with Crippen LogP contribution in [0, 0.1) is 5.92 Å². The fourth-order valence-electron chi connectivity index (χ4n) is 2.18. The van der Waals surface area contributed by atoms with E-state index in [1.807, 2.05) is 24.3 Å².